The second-order valence-electron chi connectivity index (χ2n) is 14.7. The highest BCUT2D eigenvalue weighted by Gasteiger charge is 2.37. The number of carbonyl (C=O) groups is 3. The predicted octanol–water partition coefficient (Wildman–Crippen LogP) is 7.98. The van der Waals surface area contributed by atoms with Crippen LogP contribution in [0.25, 0.3) is 33.6 Å². The highest BCUT2D eigenvalue weighted by molar-refractivity contribution is 5.93. The molecule has 0 unspecified atom stereocenters. The van der Waals surface area contributed by atoms with Gasteiger partial charge < -0.3 is 24.5 Å². The number of carboxylic acid groups (broad SMARTS) is 1. The van der Waals surface area contributed by atoms with Crippen LogP contribution in [0.3, 0.4) is 0 Å². The molecule has 49 heavy (non-hydrogen) atoms. The first-order valence-corrected chi connectivity index (χ1v) is 16.8. The zero-order valence-electron chi connectivity index (χ0n) is 28.9. The molecule has 0 bridgehead atoms. The SMILES string of the molecule is CC(C)(C)OC(=O)N1CCC[C@H]1c1ncc(-c2ccc(-c3ccc(-c4[nH]c([C@@H]5CCCN5C(=O)OC(C)(C)C)nc4C(=O)O)cc3)cc2)[nH]1. The lowest BCUT2D eigenvalue weighted by molar-refractivity contribution is 0.0208. The Labute approximate surface area is 285 Å². The fourth-order valence-corrected chi connectivity index (χ4v) is 6.42. The van der Waals surface area contributed by atoms with Crippen molar-refractivity contribution in [2.24, 2.45) is 0 Å². The summed E-state index contributed by atoms with van der Waals surface area (Å²) in [5.41, 5.74) is 3.55. The number of imidazole rings is 2. The van der Waals surface area contributed by atoms with Gasteiger partial charge in [-0.15, -0.1) is 0 Å². The minimum absolute atomic E-state index is 0.0890. The molecule has 258 valence electrons. The third-order valence-corrected chi connectivity index (χ3v) is 8.62. The van der Waals surface area contributed by atoms with E-state index in [1.54, 1.807) is 16.0 Å². The van der Waals surface area contributed by atoms with Crippen LogP contribution in [0, 0.1) is 0 Å². The first-order chi connectivity index (χ1) is 23.2. The summed E-state index contributed by atoms with van der Waals surface area (Å²) in [6.07, 6.45) is 4.16. The van der Waals surface area contributed by atoms with Gasteiger partial charge in [-0.2, -0.15) is 0 Å². The summed E-state index contributed by atoms with van der Waals surface area (Å²) in [6.45, 7) is 12.2. The molecule has 2 aliphatic heterocycles. The van der Waals surface area contributed by atoms with Crippen molar-refractivity contribution in [1.29, 1.82) is 0 Å². The van der Waals surface area contributed by atoms with Gasteiger partial charge in [0.1, 0.15) is 22.9 Å². The fourth-order valence-electron chi connectivity index (χ4n) is 6.42. The van der Waals surface area contributed by atoms with Gasteiger partial charge in [0, 0.05) is 18.7 Å². The standard InChI is InChI=1S/C37H44N6O6/c1-36(2,3)48-34(46)42-19-7-9-27(42)31-38-21-26(39-31)24-15-11-22(12-16-24)23-13-17-25(18-14-23)29-30(33(44)45)41-32(40-29)28-10-8-20-43(28)35(47)49-37(4,5)6/h11-18,21,27-28H,7-10,19-20H2,1-6H3,(H,38,39)(H,40,41)(H,44,45)/t27-,28-/m0/s1. The average Bonchev–Trinajstić information content (AvgIpc) is 3.85. The zero-order valence-corrected chi connectivity index (χ0v) is 28.9. The minimum Gasteiger partial charge on any atom is -0.476 e. The quantitative estimate of drug-likeness (QED) is 0.187. The Morgan fingerprint density at radius 1 is 0.714 bits per heavy atom. The number of amides is 2. The molecule has 2 fully saturated rings. The summed E-state index contributed by atoms with van der Waals surface area (Å²) < 4.78 is 11.2. The molecule has 0 radical (unpaired) electrons. The Morgan fingerprint density at radius 3 is 1.67 bits per heavy atom. The Bertz CT molecular complexity index is 1830. The molecule has 4 aromatic rings. The number of carboxylic acids is 1. The van der Waals surface area contributed by atoms with E-state index >= 15 is 0 Å². The van der Waals surface area contributed by atoms with E-state index in [2.05, 4.69) is 19.9 Å². The van der Waals surface area contributed by atoms with Crippen LogP contribution in [-0.2, 0) is 9.47 Å². The summed E-state index contributed by atoms with van der Waals surface area (Å²) in [7, 11) is 0. The number of hydrogen-bond acceptors (Lipinski definition) is 7. The van der Waals surface area contributed by atoms with Crippen molar-refractivity contribution in [2.45, 2.75) is 90.5 Å². The van der Waals surface area contributed by atoms with Gasteiger partial charge >= 0.3 is 18.2 Å². The monoisotopic (exact) mass is 668 g/mol. The number of nitrogens with one attached hydrogen (secondary N) is 2. The summed E-state index contributed by atoms with van der Waals surface area (Å²) in [5.74, 6) is 0.0282. The van der Waals surface area contributed by atoms with Crippen LogP contribution >= 0.6 is 0 Å². The van der Waals surface area contributed by atoms with E-state index in [4.69, 9.17) is 9.47 Å². The van der Waals surface area contributed by atoms with Crippen LogP contribution in [0.5, 0.6) is 0 Å². The van der Waals surface area contributed by atoms with Crippen LogP contribution in [0.2, 0.25) is 0 Å². The largest absolute Gasteiger partial charge is 0.476 e. The van der Waals surface area contributed by atoms with Crippen molar-refractivity contribution in [1.82, 2.24) is 29.7 Å². The van der Waals surface area contributed by atoms with Gasteiger partial charge in [-0.1, -0.05) is 48.5 Å². The third kappa shape index (κ3) is 7.48. The average molecular weight is 669 g/mol. The molecule has 0 aliphatic carbocycles. The summed E-state index contributed by atoms with van der Waals surface area (Å²) in [4.78, 5) is 56.9. The molecule has 6 rings (SSSR count). The summed E-state index contributed by atoms with van der Waals surface area (Å²) in [5, 5.41) is 9.99. The molecule has 4 heterocycles. The fraction of sp³-hybridized carbons (Fsp3) is 0.432. The number of benzene rings is 2. The number of hydrogen-bond donors (Lipinski definition) is 3. The van der Waals surface area contributed by atoms with Crippen molar-refractivity contribution in [3.63, 3.8) is 0 Å². The molecular weight excluding hydrogens is 624 g/mol. The van der Waals surface area contributed by atoms with Crippen molar-refractivity contribution >= 4 is 18.2 Å². The number of aromatic amines is 2. The van der Waals surface area contributed by atoms with Crippen LogP contribution in [0.1, 0.15) is 101 Å². The van der Waals surface area contributed by atoms with Gasteiger partial charge in [-0.05, 0) is 83.9 Å². The van der Waals surface area contributed by atoms with E-state index in [-0.39, 0.29) is 17.8 Å². The molecule has 0 spiro atoms. The van der Waals surface area contributed by atoms with Gasteiger partial charge in [0.2, 0.25) is 0 Å². The van der Waals surface area contributed by atoms with E-state index in [1.807, 2.05) is 90.1 Å². The van der Waals surface area contributed by atoms with Crippen LogP contribution in [0.15, 0.2) is 54.7 Å². The molecule has 2 aliphatic rings. The molecule has 2 aromatic carbocycles. The van der Waals surface area contributed by atoms with Crippen molar-refractivity contribution < 1.29 is 29.0 Å². The predicted molar refractivity (Wildman–Crippen MR) is 184 cm³/mol. The maximum absolute atomic E-state index is 12.9. The van der Waals surface area contributed by atoms with Crippen molar-refractivity contribution in [3.8, 4) is 33.6 Å². The number of H-pyrrole nitrogens is 2. The number of ether oxygens (including phenoxy) is 2. The molecule has 2 atom stereocenters. The topological polar surface area (TPSA) is 154 Å². The van der Waals surface area contributed by atoms with Gasteiger partial charge in [-0.3, -0.25) is 9.80 Å². The van der Waals surface area contributed by atoms with E-state index in [9.17, 15) is 19.5 Å². The summed E-state index contributed by atoms with van der Waals surface area (Å²) in [6, 6.07) is 15.1. The molecule has 12 nitrogen and oxygen atoms in total. The number of aromatic nitrogens is 4. The highest BCUT2D eigenvalue weighted by Crippen LogP contribution is 2.36. The number of nitrogens with zero attached hydrogens (tertiary/aromatic N) is 4. The Kier molecular flexibility index (Phi) is 9.00. The first-order valence-electron chi connectivity index (χ1n) is 16.8. The third-order valence-electron chi connectivity index (χ3n) is 8.62. The van der Waals surface area contributed by atoms with Crippen LogP contribution < -0.4 is 0 Å². The van der Waals surface area contributed by atoms with E-state index in [1.165, 1.54) is 0 Å². The number of likely N-dealkylation sites (tertiary alicyclic amines) is 2. The van der Waals surface area contributed by atoms with Gasteiger partial charge in [-0.25, -0.2) is 24.4 Å². The molecule has 3 N–H and O–H groups in total. The van der Waals surface area contributed by atoms with Crippen LogP contribution in [-0.4, -0.2) is 77.3 Å². The molecule has 12 heteroatoms. The van der Waals surface area contributed by atoms with Gasteiger partial charge in [0.05, 0.1) is 29.7 Å². The van der Waals surface area contributed by atoms with Crippen molar-refractivity contribution in [2.75, 3.05) is 13.1 Å². The second-order valence-corrected chi connectivity index (χ2v) is 14.7. The maximum Gasteiger partial charge on any atom is 0.410 e. The normalized spacial score (nSPS) is 18.2. The second kappa shape index (κ2) is 13.1. The van der Waals surface area contributed by atoms with Gasteiger partial charge in [0.25, 0.3) is 0 Å². The van der Waals surface area contributed by atoms with E-state index in [0.29, 0.717) is 36.6 Å². The molecule has 2 amide bonds. The lowest BCUT2D eigenvalue weighted by atomic mass is 10.0. The Morgan fingerprint density at radius 2 is 1.18 bits per heavy atom. The number of rotatable bonds is 6. The number of carbonyl (C=O) groups excluding carboxylic acids is 2. The molecular formula is C37H44N6O6. The smallest absolute Gasteiger partial charge is 0.410 e. The van der Waals surface area contributed by atoms with E-state index in [0.717, 1.165) is 47.5 Å². The number of aromatic carboxylic acids is 1. The Hall–Kier alpha value is -5.13. The van der Waals surface area contributed by atoms with Crippen LogP contribution in [0.4, 0.5) is 9.59 Å². The molecule has 2 aromatic heterocycles. The van der Waals surface area contributed by atoms with E-state index < -0.39 is 29.3 Å². The Balaban J connectivity index is 1.17. The maximum atomic E-state index is 12.9. The lowest BCUT2D eigenvalue weighted by Crippen LogP contribution is -2.36. The van der Waals surface area contributed by atoms with Gasteiger partial charge in [0.15, 0.2) is 5.69 Å². The minimum atomic E-state index is -1.15. The lowest BCUT2D eigenvalue weighted by Gasteiger charge is -2.27. The zero-order chi connectivity index (χ0) is 35.1. The first kappa shape index (κ1) is 33.8. The molecule has 2 saturated heterocycles. The van der Waals surface area contributed by atoms with Crippen molar-refractivity contribution in [3.05, 3.63) is 72.1 Å². The molecule has 0 saturated carbocycles. The summed E-state index contributed by atoms with van der Waals surface area (Å²) >= 11 is 0. The highest BCUT2D eigenvalue weighted by atomic mass is 16.6.